The fourth-order valence-corrected chi connectivity index (χ4v) is 3.04. The molecular weight excluding hydrogens is 324 g/mol. The maximum atomic E-state index is 11.7. The van der Waals surface area contributed by atoms with Crippen LogP contribution in [0.3, 0.4) is 0 Å². The molecule has 1 N–H and O–H groups in total. The Morgan fingerprint density at radius 2 is 2.15 bits per heavy atom. The van der Waals surface area contributed by atoms with Crippen molar-refractivity contribution in [2.75, 3.05) is 13.2 Å². The number of nitrogens with one attached hydrogen (secondary N) is 1. The standard InChI is InChI=1S/C22H26N2O2/c25-22(23-17-20-11-8-16-26-20)13-5-3-1-2-4-10-19-15-14-18-9-6-7-12-21(18)24-19/h1,3,5-7,9,12-15,20H,2,4,8,10-11,16-17H2,(H,23,25)/b3-1+,13-5+. The molecule has 4 heteroatoms. The van der Waals surface area contributed by atoms with Gasteiger partial charge in [-0.05, 0) is 44.2 Å². The largest absolute Gasteiger partial charge is 0.376 e. The van der Waals surface area contributed by atoms with Crippen molar-refractivity contribution in [1.29, 1.82) is 0 Å². The normalized spacial score (nSPS) is 17.5. The Hall–Kier alpha value is -2.46. The summed E-state index contributed by atoms with van der Waals surface area (Å²) in [5.41, 5.74) is 2.18. The number of unbranched alkanes of at least 4 members (excludes halogenated alkanes) is 1. The molecule has 2 aromatic rings. The minimum Gasteiger partial charge on any atom is -0.376 e. The minimum absolute atomic E-state index is 0.0643. The van der Waals surface area contributed by atoms with Gasteiger partial charge in [0.25, 0.3) is 0 Å². The van der Waals surface area contributed by atoms with E-state index in [0.717, 1.165) is 49.9 Å². The first-order chi connectivity index (χ1) is 12.8. The number of rotatable bonds is 8. The average Bonchev–Trinajstić information content (AvgIpc) is 3.19. The lowest BCUT2D eigenvalue weighted by Gasteiger charge is -2.08. The molecule has 1 aromatic carbocycles. The van der Waals surface area contributed by atoms with Gasteiger partial charge in [-0.15, -0.1) is 0 Å². The van der Waals surface area contributed by atoms with Gasteiger partial charge < -0.3 is 10.1 Å². The molecule has 4 nitrogen and oxygen atoms in total. The van der Waals surface area contributed by atoms with E-state index in [9.17, 15) is 4.79 Å². The molecule has 26 heavy (non-hydrogen) atoms. The Bertz CT molecular complexity index is 777. The monoisotopic (exact) mass is 350 g/mol. The average molecular weight is 350 g/mol. The number of amides is 1. The first kappa shape index (κ1) is 18.3. The summed E-state index contributed by atoms with van der Waals surface area (Å²) in [6.07, 6.45) is 12.7. The fourth-order valence-electron chi connectivity index (χ4n) is 3.04. The number of hydrogen-bond donors (Lipinski definition) is 1. The van der Waals surface area contributed by atoms with Gasteiger partial charge in [0.1, 0.15) is 0 Å². The summed E-state index contributed by atoms with van der Waals surface area (Å²) in [7, 11) is 0. The Labute approximate surface area is 155 Å². The van der Waals surface area contributed by atoms with Gasteiger partial charge in [0.2, 0.25) is 5.91 Å². The molecule has 0 radical (unpaired) electrons. The molecule has 0 aliphatic carbocycles. The van der Waals surface area contributed by atoms with E-state index < -0.39 is 0 Å². The predicted octanol–water partition coefficient (Wildman–Crippen LogP) is 3.97. The third kappa shape index (κ3) is 5.81. The van der Waals surface area contributed by atoms with Gasteiger partial charge in [0.15, 0.2) is 0 Å². The second-order valence-electron chi connectivity index (χ2n) is 6.55. The van der Waals surface area contributed by atoms with Crippen LogP contribution in [-0.2, 0) is 16.0 Å². The molecule has 1 amide bonds. The van der Waals surface area contributed by atoms with Crippen LogP contribution in [0.4, 0.5) is 0 Å². The van der Waals surface area contributed by atoms with E-state index in [1.54, 1.807) is 12.2 Å². The lowest BCUT2D eigenvalue weighted by molar-refractivity contribution is -0.117. The highest BCUT2D eigenvalue weighted by atomic mass is 16.5. The summed E-state index contributed by atoms with van der Waals surface area (Å²) in [6, 6.07) is 12.4. The Balaban J connectivity index is 1.32. The number of hydrogen-bond acceptors (Lipinski definition) is 3. The lowest BCUT2D eigenvalue weighted by Crippen LogP contribution is -2.30. The minimum atomic E-state index is -0.0643. The first-order valence-electron chi connectivity index (χ1n) is 9.38. The molecular formula is C22H26N2O2. The van der Waals surface area contributed by atoms with Gasteiger partial charge in [-0.2, -0.15) is 0 Å². The number of allylic oxidation sites excluding steroid dienone is 3. The Kier molecular flexibility index (Phi) is 6.96. The highest BCUT2D eigenvalue weighted by molar-refractivity contribution is 5.87. The Morgan fingerprint density at radius 1 is 1.23 bits per heavy atom. The van der Waals surface area contributed by atoms with Crippen molar-refractivity contribution in [3.05, 3.63) is 66.4 Å². The molecule has 1 aliphatic rings. The number of aromatic nitrogens is 1. The lowest BCUT2D eigenvalue weighted by atomic mass is 10.1. The molecule has 1 unspecified atom stereocenters. The molecule has 0 spiro atoms. The summed E-state index contributed by atoms with van der Waals surface area (Å²) in [4.78, 5) is 16.4. The van der Waals surface area contributed by atoms with E-state index in [-0.39, 0.29) is 12.0 Å². The second kappa shape index (κ2) is 9.88. The summed E-state index contributed by atoms with van der Waals surface area (Å²) in [5.74, 6) is -0.0643. The summed E-state index contributed by atoms with van der Waals surface area (Å²) >= 11 is 0. The van der Waals surface area contributed by atoms with Crippen LogP contribution in [0, 0.1) is 0 Å². The number of carbonyl (C=O) groups is 1. The maximum absolute atomic E-state index is 11.7. The smallest absolute Gasteiger partial charge is 0.244 e. The number of nitrogens with zero attached hydrogens (tertiary/aromatic N) is 1. The molecule has 0 saturated carbocycles. The molecule has 3 rings (SSSR count). The van der Waals surface area contributed by atoms with E-state index in [1.807, 2.05) is 24.3 Å². The van der Waals surface area contributed by atoms with E-state index in [1.165, 1.54) is 5.39 Å². The number of benzene rings is 1. The van der Waals surface area contributed by atoms with Gasteiger partial charge in [-0.3, -0.25) is 9.78 Å². The van der Waals surface area contributed by atoms with Crippen LogP contribution in [0.2, 0.25) is 0 Å². The predicted molar refractivity (Wildman–Crippen MR) is 105 cm³/mol. The molecule has 1 atom stereocenters. The van der Waals surface area contributed by atoms with Gasteiger partial charge in [-0.1, -0.05) is 42.5 Å². The number of pyridine rings is 1. The van der Waals surface area contributed by atoms with Crippen LogP contribution in [0.1, 0.15) is 31.4 Å². The maximum Gasteiger partial charge on any atom is 0.244 e. The SMILES string of the molecule is O=C(/C=C/C=C/CCCc1ccc2ccccc2n1)NCC1CCCO1. The summed E-state index contributed by atoms with van der Waals surface area (Å²) in [5, 5.41) is 4.05. The molecule has 136 valence electrons. The van der Waals surface area contributed by atoms with Crippen molar-refractivity contribution in [1.82, 2.24) is 10.3 Å². The van der Waals surface area contributed by atoms with Gasteiger partial charge in [-0.25, -0.2) is 0 Å². The number of carbonyl (C=O) groups excluding carboxylic acids is 1. The number of aryl methyl sites for hydroxylation is 1. The third-order valence-corrected chi connectivity index (χ3v) is 4.48. The van der Waals surface area contributed by atoms with Crippen molar-refractivity contribution in [3.8, 4) is 0 Å². The Morgan fingerprint density at radius 3 is 3.04 bits per heavy atom. The van der Waals surface area contributed by atoms with Crippen molar-refractivity contribution in [2.45, 2.75) is 38.2 Å². The van der Waals surface area contributed by atoms with Crippen molar-refractivity contribution in [2.24, 2.45) is 0 Å². The molecule has 2 heterocycles. The summed E-state index contributed by atoms with van der Waals surface area (Å²) in [6.45, 7) is 1.42. The zero-order valence-electron chi connectivity index (χ0n) is 15.1. The second-order valence-corrected chi connectivity index (χ2v) is 6.55. The molecule has 0 bridgehead atoms. The van der Waals surface area contributed by atoms with Crippen LogP contribution in [-0.4, -0.2) is 30.1 Å². The molecule has 1 saturated heterocycles. The third-order valence-electron chi connectivity index (χ3n) is 4.48. The quantitative estimate of drug-likeness (QED) is 0.445. The van der Waals surface area contributed by atoms with Crippen LogP contribution in [0.5, 0.6) is 0 Å². The molecule has 1 aliphatic heterocycles. The van der Waals surface area contributed by atoms with Gasteiger partial charge >= 0.3 is 0 Å². The number of ether oxygens (including phenoxy) is 1. The highest BCUT2D eigenvalue weighted by Crippen LogP contribution is 2.13. The summed E-state index contributed by atoms with van der Waals surface area (Å²) < 4.78 is 5.48. The molecule has 1 aromatic heterocycles. The van der Waals surface area contributed by atoms with E-state index in [4.69, 9.17) is 4.74 Å². The zero-order valence-corrected chi connectivity index (χ0v) is 15.1. The van der Waals surface area contributed by atoms with E-state index in [2.05, 4.69) is 34.6 Å². The number of fused-ring (bicyclic) bond motifs is 1. The fraction of sp³-hybridized carbons (Fsp3) is 0.364. The van der Waals surface area contributed by atoms with Crippen LogP contribution < -0.4 is 5.32 Å². The highest BCUT2D eigenvalue weighted by Gasteiger charge is 2.15. The van der Waals surface area contributed by atoms with Crippen molar-refractivity contribution >= 4 is 16.8 Å². The zero-order chi connectivity index (χ0) is 18.0. The molecule has 1 fully saturated rings. The van der Waals surface area contributed by atoms with Gasteiger partial charge in [0.05, 0.1) is 11.6 Å². The van der Waals surface area contributed by atoms with Crippen molar-refractivity contribution in [3.63, 3.8) is 0 Å². The van der Waals surface area contributed by atoms with E-state index >= 15 is 0 Å². The van der Waals surface area contributed by atoms with E-state index in [0.29, 0.717) is 6.54 Å². The van der Waals surface area contributed by atoms with Gasteiger partial charge in [0, 0.05) is 30.3 Å². The van der Waals surface area contributed by atoms with Crippen LogP contribution in [0.25, 0.3) is 10.9 Å². The van der Waals surface area contributed by atoms with Crippen molar-refractivity contribution < 1.29 is 9.53 Å². The topological polar surface area (TPSA) is 51.2 Å². The van der Waals surface area contributed by atoms with Crippen LogP contribution in [0.15, 0.2) is 60.7 Å². The van der Waals surface area contributed by atoms with Crippen LogP contribution >= 0.6 is 0 Å². The number of para-hydroxylation sites is 1. The first-order valence-corrected chi connectivity index (χ1v) is 9.38.